The van der Waals surface area contributed by atoms with Crippen molar-refractivity contribution >= 4 is 0 Å². The van der Waals surface area contributed by atoms with Gasteiger partial charge in [0.2, 0.25) is 0 Å². The smallest absolute Gasteiger partial charge is 0.0496 e. The number of nitrogens with zero attached hydrogens (tertiary/aromatic N) is 1. The maximum atomic E-state index is 9.35. The lowest BCUT2D eigenvalue weighted by atomic mass is 9.89. The van der Waals surface area contributed by atoms with Crippen molar-refractivity contribution in [3.8, 4) is 0 Å². The molecule has 0 aromatic heterocycles. The summed E-state index contributed by atoms with van der Waals surface area (Å²) in [5.41, 5.74) is 0.0509. The maximum absolute atomic E-state index is 9.35. The minimum Gasteiger partial charge on any atom is -0.396 e. The van der Waals surface area contributed by atoms with E-state index < -0.39 is 0 Å². The van der Waals surface area contributed by atoms with E-state index in [0.717, 1.165) is 25.6 Å². The van der Waals surface area contributed by atoms with Gasteiger partial charge < -0.3 is 15.3 Å². The van der Waals surface area contributed by atoms with E-state index in [1.807, 2.05) is 0 Å². The van der Waals surface area contributed by atoms with Crippen LogP contribution in [0.2, 0.25) is 0 Å². The summed E-state index contributed by atoms with van der Waals surface area (Å²) in [5.74, 6) is 0. The van der Waals surface area contributed by atoms with Gasteiger partial charge in [-0.05, 0) is 45.8 Å². The minimum atomic E-state index is 0.0509. The molecule has 3 heteroatoms. The molecule has 1 unspecified atom stereocenters. The lowest BCUT2D eigenvalue weighted by molar-refractivity contribution is 0.134. The summed E-state index contributed by atoms with van der Waals surface area (Å²) in [6.45, 7) is 7.75. The first-order chi connectivity index (χ1) is 9.11. The van der Waals surface area contributed by atoms with Crippen molar-refractivity contribution in [2.75, 3.05) is 33.3 Å². The van der Waals surface area contributed by atoms with E-state index in [2.05, 4.69) is 31.1 Å². The molecular weight excluding hydrogens is 236 g/mol. The van der Waals surface area contributed by atoms with Gasteiger partial charge in [0.25, 0.3) is 0 Å². The second-order valence-corrected chi connectivity index (χ2v) is 6.63. The highest BCUT2D eigenvalue weighted by atomic mass is 16.3. The summed E-state index contributed by atoms with van der Waals surface area (Å²) in [6.07, 6.45) is 9.28. The number of aliphatic hydroxyl groups is 1. The van der Waals surface area contributed by atoms with Crippen molar-refractivity contribution in [2.24, 2.45) is 5.41 Å². The van der Waals surface area contributed by atoms with Crippen molar-refractivity contribution in [3.63, 3.8) is 0 Å². The van der Waals surface area contributed by atoms with Gasteiger partial charge in [0.15, 0.2) is 0 Å². The molecule has 0 radical (unpaired) electrons. The number of rotatable bonds is 9. The lowest BCUT2D eigenvalue weighted by Gasteiger charge is -2.31. The first-order valence-corrected chi connectivity index (χ1v) is 8.13. The summed E-state index contributed by atoms with van der Waals surface area (Å²) in [7, 11) is 2.28. The zero-order valence-corrected chi connectivity index (χ0v) is 13.2. The quantitative estimate of drug-likeness (QED) is 0.632. The van der Waals surface area contributed by atoms with E-state index >= 15 is 0 Å². The summed E-state index contributed by atoms with van der Waals surface area (Å²) >= 11 is 0. The van der Waals surface area contributed by atoms with E-state index in [9.17, 15) is 5.11 Å². The normalized spacial score (nSPS) is 20.7. The predicted octanol–water partition coefficient (Wildman–Crippen LogP) is 2.64. The Bertz CT molecular complexity index is 223. The highest BCUT2D eigenvalue weighted by Gasteiger charge is 2.20. The molecule has 1 saturated carbocycles. The van der Waals surface area contributed by atoms with Crippen LogP contribution in [0.25, 0.3) is 0 Å². The fraction of sp³-hybridized carbons (Fsp3) is 1.00. The first-order valence-electron chi connectivity index (χ1n) is 8.13. The van der Waals surface area contributed by atoms with E-state index in [0.29, 0.717) is 0 Å². The largest absolute Gasteiger partial charge is 0.396 e. The molecule has 0 bridgehead atoms. The van der Waals surface area contributed by atoms with Crippen LogP contribution < -0.4 is 5.32 Å². The average molecular weight is 270 g/mol. The Morgan fingerprint density at radius 3 is 2.53 bits per heavy atom. The molecule has 3 nitrogen and oxygen atoms in total. The third-order valence-corrected chi connectivity index (χ3v) is 4.85. The lowest BCUT2D eigenvalue weighted by Crippen LogP contribution is -2.37. The second-order valence-electron chi connectivity index (χ2n) is 6.63. The Labute approximate surface area is 119 Å². The van der Waals surface area contributed by atoms with Gasteiger partial charge >= 0.3 is 0 Å². The molecule has 1 aliphatic rings. The van der Waals surface area contributed by atoms with Crippen molar-refractivity contribution < 1.29 is 5.11 Å². The van der Waals surface area contributed by atoms with Crippen molar-refractivity contribution in [1.29, 1.82) is 0 Å². The summed E-state index contributed by atoms with van der Waals surface area (Å²) < 4.78 is 0. The number of aliphatic hydroxyl groups excluding tert-OH is 1. The Hall–Kier alpha value is -0.120. The first kappa shape index (κ1) is 16.9. The monoisotopic (exact) mass is 270 g/mol. The molecule has 0 aromatic carbocycles. The van der Waals surface area contributed by atoms with Crippen LogP contribution in [-0.2, 0) is 0 Å². The van der Waals surface area contributed by atoms with Crippen molar-refractivity contribution in [1.82, 2.24) is 10.2 Å². The molecule has 1 fully saturated rings. The molecule has 0 amide bonds. The maximum Gasteiger partial charge on any atom is 0.0496 e. The molecule has 1 rings (SSSR count). The minimum absolute atomic E-state index is 0.0509. The molecule has 114 valence electrons. The molecule has 0 saturated heterocycles. The van der Waals surface area contributed by atoms with E-state index in [4.69, 9.17) is 0 Å². The fourth-order valence-corrected chi connectivity index (χ4v) is 2.84. The Kier molecular flexibility index (Phi) is 7.96. The predicted molar refractivity (Wildman–Crippen MR) is 82.5 cm³/mol. The van der Waals surface area contributed by atoms with Crippen molar-refractivity contribution in [3.05, 3.63) is 0 Å². The van der Waals surface area contributed by atoms with Gasteiger partial charge in [-0.15, -0.1) is 0 Å². The zero-order chi connectivity index (χ0) is 14.1. The van der Waals surface area contributed by atoms with E-state index in [-0.39, 0.29) is 12.0 Å². The fourth-order valence-electron chi connectivity index (χ4n) is 2.84. The van der Waals surface area contributed by atoms with E-state index in [1.54, 1.807) is 0 Å². The topological polar surface area (TPSA) is 35.5 Å². The van der Waals surface area contributed by atoms with Crippen LogP contribution in [0.5, 0.6) is 0 Å². The highest BCUT2D eigenvalue weighted by molar-refractivity contribution is 4.75. The second kappa shape index (κ2) is 8.93. The SMILES string of the molecule is CCC(C)(CO)CNCCCN(C)C1CCCCC1. The van der Waals surface area contributed by atoms with Crippen LogP contribution in [0.4, 0.5) is 0 Å². The van der Waals surface area contributed by atoms with Crippen LogP contribution in [0.15, 0.2) is 0 Å². The van der Waals surface area contributed by atoms with Crippen LogP contribution in [-0.4, -0.2) is 49.3 Å². The molecule has 1 aliphatic carbocycles. The molecular formula is C16H34N2O. The number of nitrogens with one attached hydrogen (secondary N) is 1. The van der Waals surface area contributed by atoms with Gasteiger partial charge in [-0.1, -0.05) is 33.1 Å². The molecule has 19 heavy (non-hydrogen) atoms. The van der Waals surface area contributed by atoms with Crippen LogP contribution >= 0.6 is 0 Å². The number of hydrogen-bond acceptors (Lipinski definition) is 3. The van der Waals surface area contributed by atoms with E-state index in [1.165, 1.54) is 45.1 Å². The molecule has 0 aromatic rings. The van der Waals surface area contributed by atoms with Gasteiger partial charge in [0.1, 0.15) is 0 Å². The third-order valence-electron chi connectivity index (χ3n) is 4.85. The van der Waals surface area contributed by atoms with Crippen LogP contribution in [0.1, 0.15) is 58.8 Å². The van der Waals surface area contributed by atoms with Gasteiger partial charge in [0.05, 0.1) is 0 Å². The summed E-state index contributed by atoms with van der Waals surface area (Å²) in [6, 6.07) is 0.826. The van der Waals surface area contributed by atoms with Crippen LogP contribution in [0.3, 0.4) is 0 Å². The summed E-state index contributed by atoms with van der Waals surface area (Å²) in [5, 5.41) is 12.9. The zero-order valence-electron chi connectivity index (χ0n) is 13.2. The van der Waals surface area contributed by atoms with Gasteiger partial charge in [-0.3, -0.25) is 0 Å². The highest BCUT2D eigenvalue weighted by Crippen LogP contribution is 2.21. The molecule has 0 aliphatic heterocycles. The molecule has 0 spiro atoms. The average Bonchev–Trinajstić information content (AvgIpc) is 2.47. The van der Waals surface area contributed by atoms with Crippen molar-refractivity contribution in [2.45, 2.75) is 64.8 Å². The molecule has 2 N–H and O–H groups in total. The van der Waals surface area contributed by atoms with Gasteiger partial charge in [-0.2, -0.15) is 0 Å². The standard InChI is InChI=1S/C16H34N2O/c1-4-16(2,14-19)13-17-11-8-12-18(3)15-9-6-5-7-10-15/h15,17,19H,4-14H2,1-3H3. The van der Waals surface area contributed by atoms with Gasteiger partial charge in [0, 0.05) is 24.6 Å². The molecule has 1 atom stereocenters. The number of hydrogen-bond donors (Lipinski definition) is 2. The van der Waals surface area contributed by atoms with Crippen LogP contribution in [0, 0.1) is 5.41 Å². The Morgan fingerprint density at radius 1 is 1.26 bits per heavy atom. The molecule has 0 heterocycles. The van der Waals surface area contributed by atoms with Gasteiger partial charge in [-0.25, -0.2) is 0 Å². The Morgan fingerprint density at radius 2 is 1.95 bits per heavy atom. The third kappa shape index (κ3) is 6.24. The summed E-state index contributed by atoms with van der Waals surface area (Å²) in [4.78, 5) is 2.55. The Balaban J connectivity index is 2.06.